The molecule has 6 aliphatic carbocycles. The zero-order valence-electron chi connectivity index (χ0n) is 84.0. The monoisotopic (exact) mass is 1940 g/mol. The minimum Gasteiger partial charge on any atom is -0.460 e. The van der Waals surface area contributed by atoms with E-state index in [2.05, 4.69) is 29.8 Å². The Morgan fingerprint density at radius 3 is 1.38 bits per heavy atom. The molecule has 762 valence electrons. The zero-order chi connectivity index (χ0) is 101. The second-order valence-electron chi connectivity index (χ2n) is 40.9. The molecular formula is C110H147N5O25. The molecule has 6 unspecified atom stereocenters. The maximum atomic E-state index is 13.8. The molecule has 0 spiro atoms. The number of nitrogens with one attached hydrogen (secondary N) is 3. The van der Waals surface area contributed by atoms with E-state index in [1.54, 1.807) is 20.8 Å². The number of hydrogen-bond donors (Lipinski definition) is 3. The standard InChI is InChI=1S/C25H31NO6.C23H37NO4.C22H25NO6.C21H29NO4.C19H25NO5/c1-25(2,3)32-22(27)16-10-15-21(23(28)30-17-19-11-6-4-7-12-19)26-24(29)31-18-20-13-8-5-9-14-20;1-5-22(8-6-7-9-22)27-19(25)23(24-20(26)28-21(2,3)4)17-11-15-10-16(13-17)14-18(23)12-15;1-26-22(13-8-14-28-22)29-20(24)19(15-17-9-4-2-5-10-17)23-21(25)27-16-18-11-6-3-7-12-18;1-5-21(12-8-9-13-21)25-18(23)17-14-15-10-6-7-11-16(15)22(17)19(24)26-20(2,3)4;1-2-19(11-7-13-24-19)25-17(21)16-10-6-12-20(16)18(22)23-14-15-8-4-3-5-9-15/h4-9,11-14,21H,10,15-18H2,1-3H3,(H,26,29);15-18H,5-14H2,1-4H3,(H,24,26);2-7,9-12,19H,8,13-16H2,1H3,(H,23,25);6-7,10-11,17H,5,8-9,12-14H2,1-4H3;3-5,8-9,16H,2,6-7,10-14H2,1H3. The van der Waals surface area contributed by atoms with E-state index in [1.807, 2.05) is 224 Å². The summed E-state index contributed by atoms with van der Waals surface area (Å²) in [6.45, 7) is 24.6. The number of likely N-dealkylation sites (tertiary alicyclic amines) is 1. The van der Waals surface area contributed by atoms with Crippen LogP contribution in [0, 0.1) is 23.7 Å². The quantitative estimate of drug-likeness (QED) is 0.0214. The molecule has 6 atom stereocenters. The highest BCUT2D eigenvalue weighted by molar-refractivity contribution is 5.99. The number of nitrogens with zero attached hydrogens (tertiary/aromatic N) is 2. The van der Waals surface area contributed by atoms with Crippen LogP contribution in [0.3, 0.4) is 0 Å². The van der Waals surface area contributed by atoms with Gasteiger partial charge < -0.3 is 82.3 Å². The minimum atomic E-state index is -1.40. The number of para-hydroxylation sites is 1. The van der Waals surface area contributed by atoms with E-state index in [0.29, 0.717) is 70.1 Å². The van der Waals surface area contributed by atoms with Crippen LogP contribution in [0.2, 0.25) is 0 Å². The average molecular weight is 1940 g/mol. The van der Waals surface area contributed by atoms with E-state index >= 15 is 0 Å². The lowest BCUT2D eigenvalue weighted by molar-refractivity contribution is -0.334. The van der Waals surface area contributed by atoms with Gasteiger partial charge in [-0.2, -0.15) is 0 Å². The lowest BCUT2D eigenvalue weighted by Crippen LogP contribution is -2.71. The molecule has 4 bridgehead atoms. The highest BCUT2D eigenvalue weighted by Gasteiger charge is 2.64. The Hall–Kier alpha value is -11.6. The predicted octanol–water partition coefficient (Wildman–Crippen LogP) is 20.6. The van der Waals surface area contributed by atoms with Crippen LogP contribution in [0.25, 0.3) is 0 Å². The summed E-state index contributed by atoms with van der Waals surface area (Å²) in [6.07, 6.45) is 18.4. The number of carbonyl (C=O) groups is 11. The number of anilines is 1. The smallest absolute Gasteiger partial charge is 0.415 e. The Morgan fingerprint density at radius 2 is 0.900 bits per heavy atom. The molecular weight excluding hydrogens is 1790 g/mol. The molecule has 140 heavy (non-hydrogen) atoms. The second-order valence-corrected chi connectivity index (χ2v) is 40.9. The summed E-state index contributed by atoms with van der Waals surface area (Å²) in [4.78, 5) is 142. The van der Waals surface area contributed by atoms with Crippen molar-refractivity contribution in [2.75, 3.05) is 31.8 Å². The normalized spacial score (nSPS) is 22.9. The van der Waals surface area contributed by atoms with Crippen molar-refractivity contribution in [2.24, 2.45) is 23.7 Å². The Labute approximate surface area is 824 Å². The van der Waals surface area contributed by atoms with Gasteiger partial charge in [0.25, 0.3) is 0 Å². The van der Waals surface area contributed by atoms with E-state index in [4.69, 9.17) is 66.3 Å². The average Bonchev–Trinajstić information content (AvgIpc) is 1.17. The third kappa shape index (κ3) is 31.9. The van der Waals surface area contributed by atoms with Crippen molar-refractivity contribution in [1.29, 1.82) is 0 Å². The highest BCUT2D eigenvalue weighted by atomic mass is 16.9. The van der Waals surface area contributed by atoms with E-state index < -0.39 is 107 Å². The number of alkyl carbamates (subject to hydrolysis) is 3. The van der Waals surface area contributed by atoms with E-state index in [1.165, 1.54) is 23.3 Å². The number of carbonyl (C=O) groups excluding carboxylic acids is 11. The van der Waals surface area contributed by atoms with Gasteiger partial charge in [0.1, 0.15) is 84.1 Å². The molecule has 0 aromatic heterocycles. The summed E-state index contributed by atoms with van der Waals surface area (Å²) >= 11 is 0. The first-order valence-electron chi connectivity index (χ1n) is 50.1. The Balaban J connectivity index is 0.000000168. The number of methoxy groups -OCH3 is 1. The largest absolute Gasteiger partial charge is 0.460 e. The molecule has 30 nitrogen and oxygen atoms in total. The van der Waals surface area contributed by atoms with Crippen molar-refractivity contribution in [3.8, 4) is 0 Å². The lowest BCUT2D eigenvalue weighted by atomic mass is 9.48. The number of amides is 5. The van der Waals surface area contributed by atoms with Crippen LogP contribution in [0.4, 0.5) is 29.7 Å². The number of esters is 6. The van der Waals surface area contributed by atoms with Gasteiger partial charge >= 0.3 is 72.3 Å². The number of benzene rings is 6. The van der Waals surface area contributed by atoms with Gasteiger partial charge in [-0.3, -0.25) is 14.6 Å². The summed E-state index contributed by atoms with van der Waals surface area (Å²) in [5, 5.41) is 8.27. The third-order valence-corrected chi connectivity index (χ3v) is 27.0. The molecule has 4 aliphatic heterocycles. The summed E-state index contributed by atoms with van der Waals surface area (Å²) in [6, 6.07) is 51.1. The van der Waals surface area contributed by atoms with Gasteiger partial charge in [-0.25, -0.2) is 47.9 Å². The van der Waals surface area contributed by atoms with Gasteiger partial charge in [0.05, 0.1) is 18.9 Å². The van der Waals surface area contributed by atoms with Crippen molar-refractivity contribution in [3.63, 3.8) is 0 Å². The van der Waals surface area contributed by atoms with Gasteiger partial charge in [0, 0.05) is 52.2 Å². The number of fused-ring (bicyclic) bond motifs is 1. The molecule has 6 aromatic carbocycles. The number of hydrogen-bond acceptors (Lipinski definition) is 25. The van der Waals surface area contributed by atoms with Crippen LogP contribution in [-0.2, 0) is 134 Å². The maximum Gasteiger partial charge on any atom is 0.415 e. The third-order valence-electron chi connectivity index (χ3n) is 27.0. The fourth-order valence-corrected chi connectivity index (χ4v) is 20.0. The van der Waals surface area contributed by atoms with Crippen molar-refractivity contribution in [1.82, 2.24) is 20.9 Å². The van der Waals surface area contributed by atoms with Crippen LogP contribution in [0.5, 0.6) is 0 Å². The molecule has 9 fully saturated rings. The summed E-state index contributed by atoms with van der Waals surface area (Å²) in [5.74, 6) is -2.95. The first-order chi connectivity index (χ1) is 66.9. The van der Waals surface area contributed by atoms with Gasteiger partial charge in [-0.05, 0) is 260 Å². The number of rotatable bonds is 30. The Morgan fingerprint density at radius 1 is 0.436 bits per heavy atom. The molecule has 4 heterocycles. The van der Waals surface area contributed by atoms with Gasteiger partial charge in [-0.1, -0.05) is 191 Å². The molecule has 16 rings (SSSR count). The summed E-state index contributed by atoms with van der Waals surface area (Å²) in [7, 11) is 1.42. The topological polar surface area (TPSA) is 360 Å². The molecule has 10 aliphatic rings. The first kappa shape index (κ1) is 109. The van der Waals surface area contributed by atoms with Gasteiger partial charge in [0.2, 0.25) is 5.79 Å². The molecule has 6 saturated carbocycles. The van der Waals surface area contributed by atoms with Gasteiger partial charge in [0.15, 0.2) is 0 Å². The van der Waals surface area contributed by atoms with Crippen molar-refractivity contribution < 1.29 is 119 Å². The molecule has 0 radical (unpaired) electrons. The highest BCUT2D eigenvalue weighted by Crippen LogP contribution is 2.59. The molecule has 3 N–H and O–H groups in total. The van der Waals surface area contributed by atoms with Crippen LogP contribution < -0.4 is 20.9 Å². The Kier molecular flexibility index (Phi) is 39.4. The summed E-state index contributed by atoms with van der Waals surface area (Å²) in [5.41, 5.74) is 2.60. The van der Waals surface area contributed by atoms with Gasteiger partial charge in [-0.15, -0.1) is 0 Å². The van der Waals surface area contributed by atoms with Crippen molar-refractivity contribution >= 4 is 72.0 Å². The Bertz CT molecular complexity index is 4970. The fraction of sp³-hybridized carbons (Fsp3) is 0.573. The lowest BCUT2D eigenvalue weighted by Gasteiger charge is -2.59. The molecule has 5 amide bonds. The second kappa shape index (κ2) is 50.7. The van der Waals surface area contributed by atoms with Crippen molar-refractivity contribution in [3.05, 3.63) is 209 Å². The van der Waals surface area contributed by atoms with Crippen molar-refractivity contribution in [2.45, 2.75) is 352 Å². The van der Waals surface area contributed by atoms with Crippen LogP contribution in [-0.4, -0.2) is 168 Å². The zero-order valence-corrected chi connectivity index (χ0v) is 84.0. The van der Waals surface area contributed by atoms with E-state index in [-0.39, 0.29) is 86.6 Å². The van der Waals surface area contributed by atoms with E-state index in [9.17, 15) is 52.7 Å². The minimum absolute atomic E-state index is 0.0797. The van der Waals surface area contributed by atoms with E-state index in [0.717, 1.165) is 148 Å². The summed E-state index contributed by atoms with van der Waals surface area (Å²) < 4.78 is 77.4. The fourth-order valence-electron chi connectivity index (χ4n) is 20.0. The predicted molar refractivity (Wildman–Crippen MR) is 522 cm³/mol. The number of ether oxygens (including phenoxy) is 14. The van der Waals surface area contributed by atoms with Crippen LogP contribution in [0.15, 0.2) is 176 Å². The molecule has 30 heteroatoms. The molecule has 3 saturated heterocycles. The van der Waals surface area contributed by atoms with Crippen LogP contribution in [0.1, 0.15) is 277 Å². The SMILES string of the molecule is CC(C)(C)OC(=O)CCCC(NC(=O)OCc1ccccc1)C(=O)OCc1ccccc1.CCC1(OC(=O)C2(NC(=O)OC(C)(C)C)C3CC4CC(C3)CC2C4)CCCC1.CCC1(OC(=O)C2CCCN2C(=O)OCc2ccccc2)CCCO1.CCC1(OC(=O)C2Cc3ccccc3N2C(=O)OC(C)(C)C)CCCC1.COC1(OC(=O)C(Cc2ccccc2)NC(=O)OCc2ccccc2)CCCO1. The maximum absolute atomic E-state index is 13.8. The molecule has 6 aromatic rings. The first-order valence-corrected chi connectivity index (χ1v) is 50.1. The van der Waals surface area contributed by atoms with Crippen LogP contribution >= 0.6 is 0 Å².